The first-order valence-corrected chi connectivity index (χ1v) is 16.3. The van der Waals surface area contributed by atoms with Gasteiger partial charge in [0.2, 0.25) is 0 Å². The van der Waals surface area contributed by atoms with E-state index >= 15 is 0 Å². The van der Waals surface area contributed by atoms with Crippen LogP contribution in [-0.2, 0) is 0 Å². The van der Waals surface area contributed by atoms with Gasteiger partial charge in [-0.1, -0.05) is 122 Å². The molecule has 9 rings (SSSR count). The first-order chi connectivity index (χ1) is 22.6. The van der Waals surface area contributed by atoms with Gasteiger partial charge in [0, 0.05) is 47.6 Å². The Morgan fingerprint density at radius 2 is 1.13 bits per heavy atom. The van der Waals surface area contributed by atoms with Gasteiger partial charge in [0.1, 0.15) is 0 Å². The third-order valence-electron chi connectivity index (χ3n) is 9.15. The van der Waals surface area contributed by atoms with E-state index in [1.54, 1.807) is 0 Å². The Balaban J connectivity index is 1.47. The van der Waals surface area contributed by atoms with Crippen molar-refractivity contribution in [2.75, 3.05) is 0 Å². The highest BCUT2D eigenvalue weighted by Crippen LogP contribution is 2.38. The van der Waals surface area contributed by atoms with Crippen molar-refractivity contribution in [3.63, 3.8) is 0 Å². The molecule has 0 unspecified atom stereocenters. The second kappa shape index (κ2) is 10.5. The third-order valence-corrected chi connectivity index (χ3v) is 10.3. The zero-order valence-electron chi connectivity index (χ0n) is 25.3. The largest absolute Gasteiger partial charge is 0.233 e. The first kappa shape index (κ1) is 26.7. The Morgan fingerprint density at radius 3 is 1.98 bits per heavy atom. The molecule has 2 aromatic heterocycles. The molecule has 4 bridgehead atoms. The van der Waals surface area contributed by atoms with Crippen LogP contribution in [0.2, 0.25) is 0 Å². The standard InChI is InChI=1S/C43H28N2S/c1-26-30-11-7-12-31(24-30)34-13-3-4-14-35(34)32-23-21-28-20-22-29-10-8-17-37(41(29)38(28)25-32)43(44-26)45-27(2)33-16-9-19-40-42(33)36-15-5-6-18-39(36)46-40/h3-25H,1H2,2H3. The molecule has 0 radical (unpaired) electrons. The van der Waals surface area contributed by atoms with Crippen LogP contribution in [0, 0.1) is 0 Å². The van der Waals surface area contributed by atoms with Gasteiger partial charge in [0.25, 0.3) is 0 Å². The Hall–Kier alpha value is -5.64. The van der Waals surface area contributed by atoms with E-state index in [0.717, 1.165) is 38.2 Å². The number of fused-ring (bicyclic) bond motifs is 9. The molecule has 0 N–H and O–H groups in total. The fourth-order valence-electron chi connectivity index (χ4n) is 6.95. The molecule has 2 nitrogen and oxygen atoms in total. The van der Waals surface area contributed by atoms with E-state index in [2.05, 4.69) is 153 Å². The van der Waals surface area contributed by atoms with Crippen LogP contribution < -0.4 is 5.35 Å². The molecule has 0 aliphatic carbocycles. The van der Waals surface area contributed by atoms with Crippen LogP contribution in [0.25, 0.3) is 80.6 Å². The average molecular weight is 605 g/mol. The zero-order valence-corrected chi connectivity index (χ0v) is 26.1. The summed E-state index contributed by atoms with van der Waals surface area (Å²) in [6.07, 6.45) is 0. The van der Waals surface area contributed by atoms with Crippen molar-refractivity contribution in [2.24, 2.45) is 4.99 Å². The van der Waals surface area contributed by atoms with Gasteiger partial charge in [0.15, 0.2) is 5.82 Å². The predicted octanol–water partition coefficient (Wildman–Crippen LogP) is 11.6. The Morgan fingerprint density at radius 1 is 0.522 bits per heavy atom. The summed E-state index contributed by atoms with van der Waals surface area (Å²) in [5.74, 6) is 0.657. The number of aliphatic imine (C=N–C) groups is 1. The minimum Gasteiger partial charge on any atom is -0.233 e. The summed E-state index contributed by atoms with van der Waals surface area (Å²) in [6, 6.07) is 50.0. The lowest BCUT2D eigenvalue weighted by Crippen LogP contribution is -2.03. The third kappa shape index (κ3) is 4.24. The summed E-state index contributed by atoms with van der Waals surface area (Å²) >= 11 is 1.82. The molecule has 0 spiro atoms. The van der Waals surface area contributed by atoms with Gasteiger partial charge in [-0.3, -0.25) is 0 Å². The summed E-state index contributed by atoms with van der Waals surface area (Å²) in [7, 11) is 0. The molecule has 0 aliphatic heterocycles. The Kier molecular flexibility index (Phi) is 6.09. The van der Waals surface area contributed by atoms with E-state index in [-0.39, 0.29) is 0 Å². The maximum Gasteiger partial charge on any atom is 0.160 e. The minimum absolute atomic E-state index is 0.657. The molecule has 46 heavy (non-hydrogen) atoms. The number of thiophene rings is 1. The maximum absolute atomic E-state index is 5.39. The van der Waals surface area contributed by atoms with Crippen molar-refractivity contribution in [1.82, 2.24) is 4.98 Å². The van der Waals surface area contributed by atoms with Crippen molar-refractivity contribution in [3.8, 4) is 0 Å². The second-order valence-corrected chi connectivity index (χ2v) is 13.0. The maximum atomic E-state index is 5.39. The average Bonchev–Trinajstić information content (AvgIpc) is 3.49. The fraction of sp³-hybridized carbons (Fsp3) is 0.0233. The number of benzene rings is 7. The van der Waals surface area contributed by atoms with E-state index in [9.17, 15) is 0 Å². The summed E-state index contributed by atoms with van der Waals surface area (Å²) in [5, 5.41) is 14.5. The van der Waals surface area contributed by atoms with Crippen LogP contribution in [0.5, 0.6) is 0 Å². The lowest BCUT2D eigenvalue weighted by molar-refractivity contribution is 1.27. The van der Waals surface area contributed by atoms with Gasteiger partial charge in [0.05, 0.1) is 5.35 Å². The van der Waals surface area contributed by atoms with Crippen LogP contribution in [0.15, 0.2) is 145 Å². The van der Waals surface area contributed by atoms with Gasteiger partial charge in [-0.15, -0.1) is 11.3 Å². The van der Waals surface area contributed by atoms with Crippen LogP contribution >= 0.6 is 11.3 Å². The van der Waals surface area contributed by atoms with Crippen LogP contribution in [0.4, 0.5) is 5.82 Å². The molecule has 3 heteroatoms. The first-order valence-electron chi connectivity index (χ1n) is 15.5. The Bertz CT molecular complexity index is 2840. The van der Waals surface area contributed by atoms with Gasteiger partial charge in [-0.05, 0) is 68.9 Å². The molecule has 0 saturated heterocycles. The predicted molar refractivity (Wildman–Crippen MR) is 201 cm³/mol. The molecular weight excluding hydrogens is 577 g/mol. The number of nitrogens with zero attached hydrogens (tertiary/aromatic N) is 2. The lowest BCUT2D eigenvalue weighted by atomic mass is 9.97. The summed E-state index contributed by atoms with van der Waals surface area (Å²) in [4.78, 5) is 10.6. The highest BCUT2D eigenvalue weighted by atomic mass is 32.1. The van der Waals surface area contributed by atoms with Crippen molar-refractivity contribution in [1.29, 1.82) is 0 Å². The van der Waals surface area contributed by atoms with Gasteiger partial charge < -0.3 is 0 Å². The highest BCUT2D eigenvalue weighted by molar-refractivity contribution is 7.25. The fourth-order valence-corrected chi connectivity index (χ4v) is 8.08. The molecule has 0 amide bonds. The van der Waals surface area contributed by atoms with Crippen molar-refractivity contribution in [3.05, 3.63) is 150 Å². The molecular formula is C43H28N2S. The monoisotopic (exact) mass is 604 g/mol. The lowest BCUT2D eigenvalue weighted by Gasteiger charge is -2.09. The smallest absolute Gasteiger partial charge is 0.160 e. The van der Waals surface area contributed by atoms with E-state index in [4.69, 9.17) is 9.98 Å². The Labute approximate surface area is 269 Å². The van der Waals surface area contributed by atoms with Crippen molar-refractivity contribution in [2.45, 2.75) is 6.92 Å². The second-order valence-electron chi connectivity index (χ2n) is 11.9. The summed E-state index contributed by atoms with van der Waals surface area (Å²) in [5.41, 5.74) is 2.04. The number of hydrogen-bond donors (Lipinski definition) is 0. The topological polar surface area (TPSA) is 25.2 Å². The van der Waals surface area contributed by atoms with E-state index in [1.807, 2.05) is 11.3 Å². The molecule has 0 aliphatic rings. The zero-order chi connectivity index (χ0) is 30.8. The molecule has 9 aromatic rings. The SMILES string of the molecule is C=c1nc(N=C(C)c2cccc3sc4ccccc4c23)c2cccc3ccc4ccc(cc4c32)c2ccccc2c2cccc1c2. The molecule has 0 fully saturated rings. The minimum atomic E-state index is 0.657. The molecule has 0 atom stereocenters. The number of aromatic nitrogens is 1. The number of hydrogen-bond acceptors (Lipinski definition) is 3. The van der Waals surface area contributed by atoms with Crippen LogP contribution in [0.3, 0.4) is 0 Å². The molecule has 0 saturated carbocycles. The van der Waals surface area contributed by atoms with Gasteiger partial charge in [-0.2, -0.15) is 0 Å². The van der Waals surface area contributed by atoms with Gasteiger partial charge in [-0.25, -0.2) is 9.98 Å². The van der Waals surface area contributed by atoms with E-state index < -0.39 is 0 Å². The van der Waals surface area contributed by atoms with Crippen molar-refractivity contribution < 1.29 is 0 Å². The van der Waals surface area contributed by atoms with Gasteiger partial charge >= 0.3 is 0 Å². The molecule has 216 valence electrons. The molecule has 7 aromatic carbocycles. The quantitative estimate of drug-likeness (QED) is 0.142. The number of rotatable bonds is 2. The van der Waals surface area contributed by atoms with Crippen molar-refractivity contribution >= 4 is 103 Å². The molecule has 2 heterocycles. The summed E-state index contributed by atoms with van der Waals surface area (Å²) in [6.45, 7) is 6.60. The highest BCUT2D eigenvalue weighted by Gasteiger charge is 2.13. The summed E-state index contributed by atoms with van der Waals surface area (Å²) < 4.78 is 2.54. The van der Waals surface area contributed by atoms with E-state index in [1.165, 1.54) is 47.1 Å². The van der Waals surface area contributed by atoms with Crippen LogP contribution in [-0.4, -0.2) is 10.7 Å². The normalized spacial score (nSPS) is 12.2. The van der Waals surface area contributed by atoms with E-state index in [0.29, 0.717) is 11.2 Å². The van der Waals surface area contributed by atoms with Crippen LogP contribution in [0.1, 0.15) is 12.5 Å².